The molecule has 0 saturated heterocycles. The van der Waals surface area contributed by atoms with Gasteiger partial charge >= 0.3 is 0 Å². The summed E-state index contributed by atoms with van der Waals surface area (Å²) in [6, 6.07) is 4.13. The monoisotopic (exact) mass is 292 g/mol. The molecular weight excluding hydrogens is 284 g/mol. The molecular formula is C12H9ClN4O3. The zero-order chi connectivity index (χ0) is 14.7. The highest BCUT2D eigenvalue weighted by atomic mass is 35.5. The summed E-state index contributed by atoms with van der Waals surface area (Å²) < 4.78 is 0. The number of carbonyl (C=O) groups excluding carboxylic acids is 1. The van der Waals surface area contributed by atoms with E-state index in [2.05, 4.69) is 15.3 Å². The molecule has 0 saturated carbocycles. The fourth-order valence-corrected chi connectivity index (χ4v) is 1.68. The van der Waals surface area contributed by atoms with Crippen LogP contribution in [0.4, 0.5) is 11.4 Å². The zero-order valence-corrected chi connectivity index (χ0v) is 11.1. The van der Waals surface area contributed by atoms with Crippen LogP contribution in [-0.2, 0) is 0 Å². The number of nitrogens with zero attached hydrogens (tertiary/aromatic N) is 3. The maximum atomic E-state index is 12.0. The first-order valence-corrected chi connectivity index (χ1v) is 5.89. The van der Waals surface area contributed by atoms with Crippen molar-refractivity contribution in [2.24, 2.45) is 0 Å². The lowest BCUT2D eigenvalue weighted by Gasteiger charge is -2.05. The SMILES string of the molecule is Cc1cc(C(=O)Nc2cnc(Cl)nc2)ccc1[N+](=O)[O-]. The van der Waals surface area contributed by atoms with Gasteiger partial charge in [0.05, 0.1) is 23.0 Å². The van der Waals surface area contributed by atoms with Crippen molar-refractivity contribution in [3.8, 4) is 0 Å². The second kappa shape index (κ2) is 5.62. The molecule has 102 valence electrons. The van der Waals surface area contributed by atoms with Crippen molar-refractivity contribution in [1.29, 1.82) is 0 Å². The smallest absolute Gasteiger partial charge is 0.272 e. The number of rotatable bonds is 3. The van der Waals surface area contributed by atoms with Crippen LogP contribution >= 0.6 is 11.6 Å². The van der Waals surface area contributed by atoms with E-state index in [1.54, 1.807) is 6.92 Å². The number of benzene rings is 1. The molecule has 1 heterocycles. The first-order valence-electron chi connectivity index (χ1n) is 5.51. The maximum Gasteiger partial charge on any atom is 0.272 e. The lowest BCUT2D eigenvalue weighted by Crippen LogP contribution is -2.12. The van der Waals surface area contributed by atoms with Gasteiger partial charge in [-0.05, 0) is 30.7 Å². The van der Waals surface area contributed by atoms with Gasteiger partial charge in [-0.15, -0.1) is 0 Å². The fourth-order valence-electron chi connectivity index (χ4n) is 1.58. The second-order valence-electron chi connectivity index (χ2n) is 3.95. The third-order valence-electron chi connectivity index (χ3n) is 2.53. The third-order valence-corrected chi connectivity index (χ3v) is 2.73. The first-order chi connectivity index (χ1) is 9.47. The molecule has 2 aromatic rings. The summed E-state index contributed by atoms with van der Waals surface area (Å²) in [6.45, 7) is 1.57. The average molecular weight is 293 g/mol. The largest absolute Gasteiger partial charge is 0.319 e. The predicted molar refractivity (Wildman–Crippen MR) is 72.8 cm³/mol. The number of carbonyl (C=O) groups is 1. The molecule has 1 N–H and O–H groups in total. The van der Waals surface area contributed by atoms with Crippen LogP contribution in [0.2, 0.25) is 5.28 Å². The van der Waals surface area contributed by atoms with Crippen molar-refractivity contribution in [1.82, 2.24) is 9.97 Å². The quantitative estimate of drug-likeness (QED) is 0.532. The third kappa shape index (κ3) is 3.07. The molecule has 0 aliphatic carbocycles. The molecule has 7 nitrogen and oxygen atoms in total. The van der Waals surface area contributed by atoms with Crippen molar-refractivity contribution in [2.45, 2.75) is 6.92 Å². The van der Waals surface area contributed by atoms with Crippen molar-refractivity contribution in [3.05, 3.63) is 57.1 Å². The Bertz CT molecular complexity index is 673. The standard InChI is InChI=1S/C12H9ClN4O3/c1-7-4-8(2-3-10(7)17(19)20)11(18)16-9-5-14-12(13)15-6-9/h2-6H,1H3,(H,16,18). The molecule has 1 amide bonds. The molecule has 0 aliphatic heterocycles. The van der Waals surface area contributed by atoms with Crippen molar-refractivity contribution in [2.75, 3.05) is 5.32 Å². The van der Waals surface area contributed by atoms with Crippen LogP contribution in [0.15, 0.2) is 30.6 Å². The van der Waals surface area contributed by atoms with Crippen LogP contribution in [0.25, 0.3) is 0 Å². The molecule has 0 fully saturated rings. The summed E-state index contributed by atoms with van der Waals surface area (Å²) in [7, 11) is 0. The van der Waals surface area contributed by atoms with E-state index < -0.39 is 10.8 Å². The minimum absolute atomic E-state index is 0.0311. The van der Waals surface area contributed by atoms with Gasteiger partial charge in [-0.3, -0.25) is 14.9 Å². The molecule has 0 unspecified atom stereocenters. The topological polar surface area (TPSA) is 98.0 Å². The average Bonchev–Trinajstić information content (AvgIpc) is 2.40. The number of amides is 1. The molecule has 0 bridgehead atoms. The Morgan fingerprint density at radius 2 is 2.00 bits per heavy atom. The van der Waals surface area contributed by atoms with Crippen molar-refractivity contribution in [3.63, 3.8) is 0 Å². The van der Waals surface area contributed by atoms with Crippen LogP contribution in [0, 0.1) is 17.0 Å². The van der Waals surface area contributed by atoms with Gasteiger partial charge in [-0.2, -0.15) is 0 Å². The number of hydrogen-bond acceptors (Lipinski definition) is 5. The summed E-state index contributed by atoms with van der Waals surface area (Å²) in [6.07, 6.45) is 2.73. The van der Waals surface area contributed by atoms with Gasteiger partial charge in [0.15, 0.2) is 0 Å². The highest BCUT2D eigenvalue weighted by Crippen LogP contribution is 2.19. The second-order valence-corrected chi connectivity index (χ2v) is 4.29. The number of halogens is 1. The molecule has 0 atom stereocenters. The summed E-state index contributed by atoms with van der Waals surface area (Å²) >= 11 is 5.53. The summed E-state index contributed by atoms with van der Waals surface area (Å²) in [5.41, 5.74) is 1.07. The van der Waals surface area contributed by atoms with Crippen LogP contribution in [0.1, 0.15) is 15.9 Å². The van der Waals surface area contributed by atoms with Gasteiger partial charge in [-0.25, -0.2) is 9.97 Å². The summed E-state index contributed by atoms with van der Waals surface area (Å²) in [4.78, 5) is 29.6. The normalized spacial score (nSPS) is 10.1. The molecule has 0 aliphatic rings. The molecule has 1 aromatic carbocycles. The Morgan fingerprint density at radius 1 is 1.35 bits per heavy atom. The van der Waals surface area contributed by atoms with Gasteiger partial charge < -0.3 is 5.32 Å². The Labute approximate surface area is 118 Å². The van der Waals surface area contributed by atoms with E-state index in [0.717, 1.165) is 0 Å². The summed E-state index contributed by atoms with van der Waals surface area (Å²) in [5.74, 6) is -0.408. The maximum absolute atomic E-state index is 12.0. The van der Waals surface area contributed by atoms with E-state index >= 15 is 0 Å². The number of nitrogens with one attached hydrogen (secondary N) is 1. The Balaban J connectivity index is 2.19. The molecule has 8 heteroatoms. The van der Waals surface area contributed by atoms with E-state index in [1.807, 2.05) is 0 Å². The van der Waals surface area contributed by atoms with E-state index in [-0.39, 0.29) is 11.0 Å². The van der Waals surface area contributed by atoms with Gasteiger partial charge in [0, 0.05) is 17.2 Å². The number of aromatic nitrogens is 2. The predicted octanol–water partition coefficient (Wildman–Crippen LogP) is 2.60. The van der Waals surface area contributed by atoms with Crippen LogP contribution in [-0.4, -0.2) is 20.8 Å². The minimum atomic E-state index is -0.496. The van der Waals surface area contributed by atoms with Gasteiger partial charge in [0.1, 0.15) is 0 Å². The number of hydrogen-bond donors (Lipinski definition) is 1. The van der Waals surface area contributed by atoms with Crippen molar-refractivity contribution >= 4 is 28.9 Å². The van der Waals surface area contributed by atoms with Gasteiger partial charge in [-0.1, -0.05) is 0 Å². The first kappa shape index (κ1) is 13.9. The highest BCUT2D eigenvalue weighted by molar-refractivity contribution is 6.28. The minimum Gasteiger partial charge on any atom is -0.319 e. The van der Waals surface area contributed by atoms with E-state index in [1.165, 1.54) is 30.6 Å². The molecule has 0 radical (unpaired) electrons. The Kier molecular flexibility index (Phi) is 3.90. The number of aryl methyl sites for hydroxylation is 1. The molecule has 1 aromatic heterocycles. The van der Waals surface area contributed by atoms with Crippen molar-refractivity contribution < 1.29 is 9.72 Å². The summed E-state index contributed by atoms with van der Waals surface area (Å²) in [5, 5.41) is 13.3. The van der Waals surface area contributed by atoms with Gasteiger partial charge in [0.25, 0.3) is 11.6 Å². The van der Waals surface area contributed by atoms with Gasteiger partial charge in [0.2, 0.25) is 5.28 Å². The molecule has 0 spiro atoms. The Hall–Kier alpha value is -2.54. The Morgan fingerprint density at radius 3 is 2.55 bits per heavy atom. The van der Waals surface area contributed by atoms with E-state index in [9.17, 15) is 14.9 Å². The molecule has 2 rings (SSSR count). The lowest BCUT2D eigenvalue weighted by atomic mass is 10.1. The fraction of sp³-hybridized carbons (Fsp3) is 0.0833. The highest BCUT2D eigenvalue weighted by Gasteiger charge is 2.14. The number of anilines is 1. The molecule has 20 heavy (non-hydrogen) atoms. The van der Waals surface area contributed by atoms with Crippen LogP contribution in [0.5, 0.6) is 0 Å². The lowest BCUT2D eigenvalue weighted by molar-refractivity contribution is -0.385. The number of nitro groups is 1. The van der Waals surface area contributed by atoms with E-state index in [4.69, 9.17) is 11.6 Å². The zero-order valence-electron chi connectivity index (χ0n) is 10.3. The van der Waals surface area contributed by atoms with Crippen LogP contribution < -0.4 is 5.32 Å². The van der Waals surface area contributed by atoms with Crippen LogP contribution in [0.3, 0.4) is 0 Å². The van der Waals surface area contributed by atoms with E-state index in [0.29, 0.717) is 16.8 Å². The number of nitro benzene ring substituents is 1.